The SMILES string of the molecule is O=C(O)CN1C2=C([C@H](c3ccc(Br)cc3)n3ncnc31)[C@@H](c1ccc(Br)cc1)Oc1ccccc12. The van der Waals surface area contributed by atoms with Crippen LogP contribution in [0, 0.1) is 0 Å². The number of fused-ring (bicyclic) bond motifs is 3. The van der Waals surface area contributed by atoms with Crippen molar-refractivity contribution in [2.24, 2.45) is 0 Å². The highest BCUT2D eigenvalue weighted by molar-refractivity contribution is 9.10. The number of carboxylic acids is 1. The molecule has 0 aliphatic carbocycles. The zero-order valence-corrected chi connectivity index (χ0v) is 21.3. The highest BCUT2D eigenvalue weighted by atomic mass is 79.9. The van der Waals surface area contributed by atoms with E-state index in [0.717, 1.165) is 36.9 Å². The van der Waals surface area contributed by atoms with Gasteiger partial charge in [-0.15, -0.1) is 0 Å². The Morgan fingerprint density at radius 1 is 0.943 bits per heavy atom. The van der Waals surface area contributed by atoms with Crippen LogP contribution in [0.25, 0.3) is 5.70 Å². The summed E-state index contributed by atoms with van der Waals surface area (Å²) in [7, 11) is 0. The van der Waals surface area contributed by atoms with Crippen LogP contribution in [0.5, 0.6) is 5.75 Å². The number of hydrogen-bond acceptors (Lipinski definition) is 5. The molecule has 2 aliphatic heterocycles. The van der Waals surface area contributed by atoms with E-state index in [2.05, 4.69) is 41.9 Å². The van der Waals surface area contributed by atoms with Gasteiger partial charge in [-0.25, -0.2) is 4.68 Å². The van der Waals surface area contributed by atoms with Gasteiger partial charge in [0.15, 0.2) is 0 Å². The normalized spacial score (nSPS) is 18.4. The summed E-state index contributed by atoms with van der Waals surface area (Å²) in [5.41, 5.74) is 4.47. The fraction of sp³-hybridized carbons (Fsp3) is 0.115. The minimum Gasteiger partial charge on any atom is -0.480 e. The Hall–Kier alpha value is -3.43. The lowest BCUT2D eigenvalue weighted by atomic mass is 9.84. The molecular formula is C26H18Br2N4O3. The Labute approximate surface area is 217 Å². The van der Waals surface area contributed by atoms with Gasteiger partial charge in [0.2, 0.25) is 5.95 Å². The minimum atomic E-state index is -0.961. The molecule has 0 saturated carbocycles. The van der Waals surface area contributed by atoms with Gasteiger partial charge < -0.3 is 9.84 Å². The van der Waals surface area contributed by atoms with Crippen molar-refractivity contribution in [3.05, 3.63) is 110 Å². The molecule has 0 saturated heterocycles. The highest BCUT2D eigenvalue weighted by Gasteiger charge is 2.44. The molecule has 6 rings (SSSR count). The second-order valence-corrected chi connectivity index (χ2v) is 10.1. The van der Waals surface area contributed by atoms with Crippen molar-refractivity contribution < 1.29 is 14.6 Å². The molecule has 1 aromatic heterocycles. The van der Waals surface area contributed by atoms with Crippen molar-refractivity contribution in [1.82, 2.24) is 14.8 Å². The van der Waals surface area contributed by atoms with Gasteiger partial charge in [-0.05, 0) is 47.5 Å². The van der Waals surface area contributed by atoms with Gasteiger partial charge in [-0.3, -0.25) is 9.69 Å². The number of rotatable bonds is 4. The Morgan fingerprint density at radius 2 is 1.60 bits per heavy atom. The first kappa shape index (κ1) is 22.1. The van der Waals surface area contributed by atoms with Crippen LogP contribution < -0.4 is 9.64 Å². The summed E-state index contributed by atoms with van der Waals surface area (Å²) in [5, 5.41) is 14.4. The van der Waals surface area contributed by atoms with Crippen molar-refractivity contribution in [2.45, 2.75) is 12.1 Å². The van der Waals surface area contributed by atoms with Crippen LogP contribution >= 0.6 is 31.9 Å². The fourth-order valence-corrected chi connectivity index (χ4v) is 5.33. The van der Waals surface area contributed by atoms with Crippen LogP contribution in [0.15, 0.2) is 93.6 Å². The molecule has 174 valence electrons. The number of ether oxygens (including phenoxy) is 1. The Bertz CT molecular complexity index is 1460. The van der Waals surface area contributed by atoms with Gasteiger partial charge in [-0.1, -0.05) is 68.3 Å². The lowest BCUT2D eigenvalue weighted by Gasteiger charge is -2.43. The molecule has 0 fully saturated rings. The maximum Gasteiger partial charge on any atom is 0.323 e. The highest BCUT2D eigenvalue weighted by Crippen LogP contribution is 2.52. The van der Waals surface area contributed by atoms with Gasteiger partial charge in [0.25, 0.3) is 0 Å². The summed E-state index contributed by atoms with van der Waals surface area (Å²) < 4.78 is 10.3. The first-order valence-corrected chi connectivity index (χ1v) is 12.5. The fourth-order valence-electron chi connectivity index (χ4n) is 4.80. The quantitative estimate of drug-likeness (QED) is 0.320. The molecule has 3 aromatic carbocycles. The molecule has 9 heteroatoms. The smallest absolute Gasteiger partial charge is 0.323 e. The summed E-state index contributed by atoms with van der Waals surface area (Å²) in [6.45, 7) is -0.258. The number of aromatic nitrogens is 3. The molecule has 2 aliphatic rings. The number of halogens is 2. The molecule has 0 unspecified atom stereocenters. The summed E-state index contributed by atoms with van der Waals surface area (Å²) in [5.74, 6) is 0.208. The third-order valence-electron chi connectivity index (χ3n) is 6.20. The monoisotopic (exact) mass is 592 g/mol. The Balaban J connectivity index is 1.67. The predicted octanol–water partition coefficient (Wildman–Crippen LogP) is 5.84. The van der Waals surface area contributed by atoms with Crippen LogP contribution in [0.2, 0.25) is 0 Å². The van der Waals surface area contributed by atoms with Crippen LogP contribution in [0.3, 0.4) is 0 Å². The summed E-state index contributed by atoms with van der Waals surface area (Å²) >= 11 is 7.05. The van der Waals surface area contributed by atoms with Crippen molar-refractivity contribution >= 4 is 49.5 Å². The van der Waals surface area contributed by atoms with Gasteiger partial charge in [0.1, 0.15) is 30.8 Å². The zero-order chi connectivity index (χ0) is 24.1. The van der Waals surface area contributed by atoms with Crippen LogP contribution in [-0.2, 0) is 4.79 Å². The van der Waals surface area contributed by atoms with Crippen LogP contribution in [0.4, 0.5) is 5.95 Å². The van der Waals surface area contributed by atoms with Crippen LogP contribution in [-0.4, -0.2) is 32.4 Å². The van der Waals surface area contributed by atoms with E-state index in [-0.39, 0.29) is 12.6 Å². The molecule has 35 heavy (non-hydrogen) atoms. The number of hydrogen-bond donors (Lipinski definition) is 1. The molecule has 0 spiro atoms. The topological polar surface area (TPSA) is 80.5 Å². The maximum atomic E-state index is 12.0. The van der Waals surface area contributed by atoms with Crippen LogP contribution in [0.1, 0.15) is 28.8 Å². The molecule has 1 N–H and O–H groups in total. The average Bonchev–Trinajstić information content (AvgIpc) is 3.34. The van der Waals surface area contributed by atoms with E-state index in [4.69, 9.17) is 4.74 Å². The van der Waals surface area contributed by atoms with Gasteiger partial charge in [-0.2, -0.15) is 10.1 Å². The molecule has 0 radical (unpaired) electrons. The van der Waals surface area contributed by atoms with Crippen molar-refractivity contribution in [1.29, 1.82) is 0 Å². The summed E-state index contributed by atoms with van der Waals surface area (Å²) in [4.78, 5) is 18.2. The van der Waals surface area contributed by atoms with E-state index in [9.17, 15) is 9.90 Å². The van der Waals surface area contributed by atoms with E-state index in [1.165, 1.54) is 6.33 Å². The van der Waals surface area contributed by atoms with Crippen molar-refractivity contribution in [2.75, 3.05) is 11.4 Å². The number of aliphatic carboxylic acids is 1. The van der Waals surface area contributed by atoms with E-state index < -0.39 is 12.1 Å². The van der Waals surface area contributed by atoms with Crippen molar-refractivity contribution in [3.8, 4) is 5.75 Å². The molecule has 7 nitrogen and oxygen atoms in total. The predicted molar refractivity (Wildman–Crippen MR) is 138 cm³/mol. The average molecular weight is 594 g/mol. The van der Waals surface area contributed by atoms with E-state index in [0.29, 0.717) is 11.7 Å². The lowest BCUT2D eigenvalue weighted by molar-refractivity contribution is -0.135. The third kappa shape index (κ3) is 3.75. The lowest BCUT2D eigenvalue weighted by Crippen LogP contribution is -2.41. The number of para-hydroxylation sites is 1. The molecule has 4 aromatic rings. The van der Waals surface area contributed by atoms with Gasteiger partial charge >= 0.3 is 5.97 Å². The minimum absolute atomic E-state index is 0.258. The maximum absolute atomic E-state index is 12.0. The number of carbonyl (C=O) groups is 1. The Morgan fingerprint density at radius 3 is 2.29 bits per heavy atom. The first-order chi connectivity index (χ1) is 17.0. The second kappa shape index (κ2) is 8.66. The third-order valence-corrected chi connectivity index (χ3v) is 7.26. The summed E-state index contributed by atoms with van der Waals surface area (Å²) in [6, 6.07) is 23.4. The largest absolute Gasteiger partial charge is 0.480 e. The number of carboxylic acid groups (broad SMARTS) is 1. The molecule has 3 heterocycles. The van der Waals surface area contributed by atoms with Gasteiger partial charge in [0.05, 0.1) is 5.70 Å². The van der Waals surface area contributed by atoms with Crippen molar-refractivity contribution in [3.63, 3.8) is 0 Å². The van der Waals surface area contributed by atoms with E-state index >= 15 is 0 Å². The van der Waals surface area contributed by atoms with E-state index in [1.54, 1.807) is 9.58 Å². The Kier molecular flexibility index (Phi) is 5.46. The zero-order valence-electron chi connectivity index (χ0n) is 18.2. The summed E-state index contributed by atoms with van der Waals surface area (Å²) in [6.07, 6.45) is 1.01. The number of anilines is 1. The molecule has 0 amide bonds. The molecule has 0 bridgehead atoms. The molecule has 2 atom stereocenters. The standard InChI is InChI=1S/C26H18Br2N4O3/c27-17-9-5-15(6-10-17)23-22-24(31(13-21(33)34)26-29-14-30-32(23)26)19-3-1-2-4-20(19)35-25(22)16-7-11-18(28)12-8-16/h1-12,14,23,25H,13H2,(H,33,34)/t23-,25+/m0/s1. The number of nitrogens with zero attached hydrogens (tertiary/aromatic N) is 4. The van der Waals surface area contributed by atoms with Gasteiger partial charge in [0, 0.05) is 20.1 Å². The number of benzene rings is 3. The first-order valence-electron chi connectivity index (χ1n) is 10.9. The van der Waals surface area contributed by atoms with E-state index in [1.807, 2.05) is 72.8 Å². The second-order valence-electron chi connectivity index (χ2n) is 8.29. The molecular weight excluding hydrogens is 576 g/mol.